The molecule has 4 heteroatoms. The van der Waals surface area contributed by atoms with E-state index in [0.29, 0.717) is 10.5 Å². The van der Waals surface area contributed by atoms with Gasteiger partial charge < -0.3 is 4.42 Å². The maximum absolute atomic E-state index is 11.9. The monoisotopic (exact) mass is 246 g/mol. The van der Waals surface area contributed by atoms with Crippen LogP contribution in [0.1, 0.15) is 27.3 Å². The first-order chi connectivity index (χ1) is 8.18. The van der Waals surface area contributed by atoms with Crippen LogP contribution in [0.4, 0.5) is 0 Å². The van der Waals surface area contributed by atoms with Crippen molar-refractivity contribution in [3.05, 3.63) is 54.0 Å². The first kappa shape index (κ1) is 11.7. The smallest absolute Gasteiger partial charge is 0.205 e. The molecule has 0 aliphatic heterocycles. The van der Waals surface area contributed by atoms with Crippen molar-refractivity contribution in [2.45, 2.75) is 11.3 Å². The molecule has 0 radical (unpaired) electrons. The number of hydrogen-bond acceptors (Lipinski definition) is 4. The molecular formula is C13H10O3S. The number of rotatable bonds is 4. The van der Waals surface area contributed by atoms with Gasteiger partial charge in [0.05, 0.1) is 12.7 Å². The molecule has 17 heavy (non-hydrogen) atoms. The molecule has 1 aromatic heterocycles. The molecule has 0 saturated heterocycles. The number of hydrogen-bond donors (Lipinski definition) is 1. The molecule has 0 fully saturated rings. The number of carbonyl (C=O) groups excluding carboxylic acids is 2. The van der Waals surface area contributed by atoms with Crippen LogP contribution in [0.3, 0.4) is 0 Å². The Balaban J connectivity index is 2.13. The average Bonchev–Trinajstić information content (AvgIpc) is 2.82. The van der Waals surface area contributed by atoms with Gasteiger partial charge in [0.2, 0.25) is 5.78 Å². The number of furan rings is 1. The zero-order chi connectivity index (χ0) is 12.3. The molecule has 2 aromatic rings. The van der Waals surface area contributed by atoms with Crippen LogP contribution in [-0.4, -0.2) is 11.6 Å². The second-order valence-corrected chi connectivity index (χ2v) is 4.00. The molecule has 2 rings (SSSR count). The topological polar surface area (TPSA) is 47.3 Å². The summed E-state index contributed by atoms with van der Waals surface area (Å²) < 4.78 is 4.94. The van der Waals surface area contributed by atoms with Crippen molar-refractivity contribution in [2.24, 2.45) is 0 Å². The summed E-state index contributed by atoms with van der Waals surface area (Å²) in [5, 5.41) is 0. The Morgan fingerprint density at radius 1 is 1.06 bits per heavy atom. The molecule has 0 amide bonds. The molecule has 0 saturated carbocycles. The van der Waals surface area contributed by atoms with Gasteiger partial charge in [0.15, 0.2) is 11.5 Å². The molecule has 0 N–H and O–H groups in total. The Morgan fingerprint density at radius 2 is 1.82 bits per heavy atom. The molecule has 3 nitrogen and oxygen atoms in total. The van der Waals surface area contributed by atoms with Crippen molar-refractivity contribution in [3.8, 4) is 0 Å². The minimum atomic E-state index is -0.323. The van der Waals surface area contributed by atoms with Crippen LogP contribution in [0, 0.1) is 0 Å². The Hall–Kier alpha value is -1.81. The third-order valence-corrected chi connectivity index (χ3v) is 2.71. The maximum Gasteiger partial charge on any atom is 0.205 e. The van der Waals surface area contributed by atoms with Gasteiger partial charge in [-0.05, 0) is 18.2 Å². The second-order valence-electron chi connectivity index (χ2n) is 3.52. The molecule has 0 spiro atoms. The van der Waals surface area contributed by atoms with Crippen molar-refractivity contribution in [1.82, 2.24) is 0 Å². The lowest BCUT2D eigenvalue weighted by molar-refractivity contribution is 0.0876. The van der Waals surface area contributed by atoms with Crippen LogP contribution in [0.15, 0.2) is 52.0 Å². The summed E-state index contributed by atoms with van der Waals surface area (Å²) in [5.74, 6) is -0.372. The van der Waals surface area contributed by atoms with Gasteiger partial charge in [-0.2, -0.15) is 0 Å². The molecule has 0 aliphatic rings. The normalized spacial score (nSPS) is 10.2. The van der Waals surface area contributed by atoms with Gasteiger partial charge in [-0.25, -0.2) is 0 Å². The third kappa shape index (κ3) is 2.65. The van der Waals surface area contributed by atoms with E-state index in [-0.39, 0.29) is 23.7 Å². The van der Waals surface area contributed by atoms with E-state index < -0.39 is 0 Å². The van der Waals surface area contributed by atoms with E-state index in [9.17, 15) is 9.59 Å². The van der Waals surface area contributed by atoms with E-state index in [1.807, 2.05) is 0 Å². The first-order valence-corrected chi connectivity index (χ1v) is 5.51. The summed E-state index contributed by atoms with van der Waals surface area (Å²) in [5.41, 5.74) is 0.454. The number of thiol groups is 1. The highest BCUT2D eigenvalue weighted by Gasteiger charge is 2.16. The van der Waals surface area contributed by atoms with Crippen LogP contribution in [0.25, 0.3) is 0 Å². The second kappa shape index (κ2) is 5.01. The van der Waals surface area contributed by atoms with Crippen molar-refractivity contribution >= 4 is 24.2 Å². The van der Waals surface area contributed by atoms with Gasteiger partial charge in [0.25, 0.3) is 0 Å². The van der Waals surface area contributed by atoms with Crippen LogP contribution in [0.2, 0.25) is 0 Å². The number of benzene rings is 1. The molecule has 0 aliphatic carbocycles. The van der Waals surface area contributed by atoms with Gasteiger partial charge in [0.1, 0.15) is 0 Å². The summed E-state index contributed by atoms with van der Waals surface area (Å²) in [7, 11) is 0. The van der Waals surface area contributed by atoms with Crippen LogP contribution in [0.5, 0.6) is 0 Å². The van der Waals surface area contributed by atoms with Crippen molar-refractivity contribution in [1.29, 1.82) is 0 Å². The summed E-state index contributed by atoms with van der Waals surface area (Å²) in [6, 6.07) is 10.1. The SMILES string of the molecule is O=C(CC(=O)c1ccccc1S)c1ccco1. The third-order valence-electron chi connectivity index (χ3n) is 2.32. The molecule has 0 unspecified atom stereocenters. The lowest BCUT2D eigenvalue weighted by Crippen LogP contribution is -2.08. The van der Waals surface area contributed by atoms with E-state index in [1.165, 1.54) is 6.26 Å². The van der Waals surface area contributed by atoms with E-state index in [1.54, 1.807) is 36.4 Å². The lowest BCUT2D eigenvalue weighted by Gasteiger charge is -2.02. The Kier molecular flexibility index (Phi) is 3.44. The van der Waals surface area contributed by atoms with Crippen LogP contribution in [-0.2, 0) is 0 Å². The predicted octanol–water partition coefficient (Wildman–Crippen LogP) is 3.02. The van der Waals surface area contributed by atoms with Gasteiger partial charge >= 0.3 is 0 Å². The largest absolute Gasteiger partial charge is 0.461 e. The highest BCUT2D eigenvalue weighted by atomic mass is 32.1. The van der Waals surface area contributed by atoms with Crippen molar-refractivity contribution < 1.29 is 14.0 Å². The molecule has 1 aromatic carbocycles. The summed E-state index contributed by atoms with van der Waals surface area (Å²) in [6.45, 7) is 0. The Morgan fingerprint density at radius 3 is 2.47 bits per heavy atom. The fourth-order valence-electron chi connectivity index (χ4n) is 1.47. The zero-order valence-corrected chi connectivity index (χ0v) is 9.81. The van der Waals surface area contributed by atoms with Gasteiger partial charge in [-0.3, -0.25) is 9.59 Å². The van der Waals surface area contributed by atoms with E-state index in [0.717, 1.165) is 0 Å². The number of carbonyl (C=O) groups is 2. The zero-order valence-electron chi connectivity index (χ0n) is 8.92. The van der Waals surface area contributed by atoms with Gasteiger partial charge in [-0.15, -0.1) is 12.6 Å². The summed E-state index contributed by atoms with van der Waals surface area (Å²) in [4.78, 5) is 24.1. The van der Waals surface area contributed by atoms with Crippen molar-refractivity contribution in [3.63, 3.8) is 0 Å². The standard InChI is InChI=1S/C13H10O3S/c14-10(9-4-1-2-6-13(9)17)8-11(15)12-5-3-7-16-12/h1-7,17H,8H2. The summed E-state index contributed by atoms with van der Waals surface area (Å²) >= 11 is 4.18. The van der Waals surface area contributed by atoms with Gasteiger partial charge in [0, 0.05) is 10.5 Å². The molecule has 0 atom stereocenters. The highest BCUT2D eigenvalue weighted by molar-refractivity contribution is 7.80. The fourth-order valence-corrected chi connectivity index (χ4v) is 1.76. The Labute approximate surface area is 104 Å². The molecular weight excluding hydrogens is 236 g/mol. The quantitative estimate of drug-likeness (QED) is 0.512. The maximum atomic E-state index is 11.9. The molecule has 1 heterocycles. The first-order valence-electron chi connectivity index (χ1n) is 5.06. The van der Waals surface area contributed by atoms with Crippen molar-refractivity contribution in [2.75, 3.05) is 0 Å². The minimum absolute atomic E-state index is 0.203. The highest BCUT2D eigenvalue weighted by Crippen LogP contribution is 2.16. The van der Waals surface area contributed by atoms with Crippen LogP contribution < -0.4 is 0 Å². The summed E-state index contributed by atoms with van der Waals surface area (Å²) in [6.07, 6.45) is 1.20. The van der Waals surface area contributed by atoms with Gasteiger partial charge in [-0.1, -0.05) is 18.2 Å². The predicted molar refractivity (Wildman–Crippen MR) is 65.7 cm³/mol. The number of Topliss-reactive ketones (excluding diaryl/α,β-unsaturated/α-hetero) is 2. The van der Waals surface area contributed by atoms with E-state index in [2.05, 4.69) is 12.6 Å². The molecule has 0 bridgehead atoms. The number of ketones is 2. The fraction of sp³-hybridized carbons (Fsp3) is 0.0769. The lowest BCUT2D eigenvalue weighted by atomic mass is 10.1. The van der Waals surface area contributed by atoms with Crippen LogP contribution >= 0.6 is 12.6 Å². The van der Waals surface area contributed by atoms with E-state index >= 15 is 0 Å². The Bertz CT molecular complexity index is 544. The molecule has 86 valence electrons. The minimum Gasteiger partial charge on any atom is -0.461 e. The average molecular weight is 246 g/mol. The van der Waals surface area contributed by atoms with E-state index in [4.69, 9.17) is 4.42 Å².